The van der Waals surface area contributed by atoms with Crippen molar-refractivity contribution in [3.05, 3.63) is 41.5 Å². The second kappa shape index (κ2) is 7.11. The minimum absolute atomic E-state index is 0.100. The summed E-state index contributed by atoms with van der Waals surface area (Å²) in [5.74, 6) is 2.24. The Bertz CT molecular complexity index is 1170. The van der Waals surface area contributed by atoms with E-state index in [2.05, 4.69) is 34.9 Å². The van der Waals surface area contributed by atoms with Crippen molar-refractivity contribution in [3.8, 4) is 11.3 Å². The van der Waals surface area contributed by atoms with E-state index >= 15 is 0 Å². The highest BCUT2D eigenvalue weighted by Crippen LogP contribution is 2.47. The van der Waals surface area contributed by atoms with Crippen molar-refractivity contribution in [2.24, 2.45) is 11.8 Å². The molecule has 3 heterocycles. The molecule has 1 aliphatic carbocycles. The molecular formula is C26H29N3O2. The van der Waals surface area contributed by atoms with E-state index in [1.54, 1.807) is 0 Å². The summed E-state index contributed by atoms with van der Waals surface area (Å²) in [5.41, 5.74) is 5.41. The smallest absolute Gasteiger partial charge is 0.196 e. The Balaban J connectivity index is 1.60. The minimum Gasteiger partial charge on any atom is -0.371 e. The second-order valence-corrected chi connectivity index (χ2v) is 9.76. The average Bonchev–Trinajstić information content (AvgIpc) is 3.23. The Hall–Kier alpha value is -2.82. The van der Waals surface area contributed by atoms with Crippen molar-refractivity contribution < 1.29 is 9.32 Å². The van der Waals surface area contributed by atoms with Gasteiger partial charge in [0, 0.05) is 37.3 Å². The van der Waals surface area contributed by atoms with Crippen LogP contribution in [0.4, 0.5) is 11.4 Å². The summed E-state index contributed by atoms with van der Waals surface area (Å²) in [6.07, 6.45) is 4.78. The zero-order chi connectivity index (χ0) is 21.1. The molecule has 3 aliphatic rings. The van der Waals surface area contributed by atoms with E-state index in [9.17, 15) is 4.79 Å². The van der Waals surface area contributed by atoms with Gasteiger partial charge in [-0.1, -0.05) is 43.3 Å². The molecule has 0 amide bonds. The monoisotopic (exact) mass is 415 g/mol. The van der Waals surface area contributed by atoms with E-state index in [-0.39, 0.29) is 5.78 Å². The van der Waals surface area contributed by atoms with Crippen LogP contribution in [0.5, 0.6) is 0 Å². The van der Waals surface area contributed by atoms with Gasteiger partial charge in [-0.25, -0.2) is 0 Å². The molecule has 1 aromatic heterocycles. The first-order valence-corrected chi connectivity index (χ1v) is 11.7. The molecule has 1 atom stereocenters. The summed E-state index contributed by atoms with van der Waals surface area (Å²) < 4.78 is 5.94. The highest BCUT2D eigenvalue weighted by atomic mass is 16.5. The fourth-order valence-electron chi connectivity index (χ4n) is 5.67. The van der Waals surface area contributed by atoms with Gasteiger partial charge in [0.2, 0.25) is 0 Å². The number of rotatable bonds is 2. The van der Waals surface area contributed by atoms with Crippen molar-refractivity contribution in [1.82, 2.24) is 5.16 Å². The quantitative estimate of drug-likeness (QED) is 0.432. The number of piperidine rings is 2. The Morgan fingerprint density at radius 1 is 0.935 bits per heavy atom. The fraction of sp³-hybridized carbons (Fsp3) is 0.462. The maximum absolute atomic E-state index is 13.8. The van der Waals surface area contributed by atoms with Gasteiger partial charge in [-0.15, -0.1) is 0 Å². The van der Waals surface area contributed by atoms with E-state index in [4.69, 9.17) is 4.52 Å². The molecule has 31 heavy (non-hydrogen) atoms. The molecule has 2 aliphatic heterocycles. The van der Waals surface area contributed by atoms with E-state index < -0.39 is 0 Å². The summed E-state index contributed by atoms with van der Waals surface area (Å²) >= 11 is 0. The lowest BCUT2D eigenvalue weighted by atomic mass is 9.85. The van der Waals surface area contributed by atoms with Gasteiger partial charge in [0.05, 0.1) is 22.3 Å². The molecule has 0 N–H and O–H groups in total. The third-order valence-electron chi connectivity index (χ3n) is 7.48. The molecule has 2 fully saturated rings. The van der Waals surface area contributed by atoms with E-state index in [0.29, 0.717) is 5.92 Å². The molecular weight excluding hydrogens is 386 g/mol. The maximum atomic E-state index is 13.8. The molecule has 2 saturated heterocycles. The Labute approximate surface area is 183 Å². The summed E-state index contributed by atoms with van der Waals surface area (Å²) in [6, 6.07) is 10.0. The van der Waals surface area contributed by atoms with Gasteiger partial charge in [-0.3, -0.25) is 4.79 Å². The number of benzene rings is 2. The van der Waals surface area contributed by atoms with E-state index in [1.165, 1.54) is 12.8 Å². The van der Waals surface area contributed by atoms with Crippen LogP contribution < -0.4 is 9.80 Å². The highest BCUT2D eigenvalue weighted by molar-refractivity contribution is 6.28. The van der Waals surface area contributed by atoms with Crippen LogP contribution >= 0.6 is 0 Å². The second-order valence-electron chi connectivity index (χ2n) is 9.76. The number of hydrogen-bond donors (Lipinski definition) is 0. The number of ketones is 1. The normalized spacial score (nSPS) is 21.6. The van der Waals surface area contributed by atoms with Crippen LogP contribution in [0.25, 0.3) is 22.2 Å². The molecule has 2 aromatic carbocycles. The molecule has 5 heteroatoms. The summed E-state index contributed by atoms with van der Waals surface area (Å²) in [5, 5.41) is 5.44. The van der Waals surface area contributed by atoms with Crippen LogP contribution in [0, 0.1) is 11.8 Å². The molecule has 160 valence electrons. The van der Waals surface area contributed by atoms with Crippen LogP contribution in [-0.2, 0) is 0 Å². The van der Waals surface area contributed by atoms with Gasteiger partial charge in [0.25, 0.3) is 0 Å². The lowest BCUT2D eigenvalue weighted by Crippen LogP contribution is -2.36. The fourth-order valence-corrected chi connectivity index (χ4v) is 5.67. The van der Waals surface area contributed by atoms with Gasteiger partial charge in [-0.2, -0.15) is 0 Å². The first-order chi connectivity index (χ1) is 15.1. The molecule has 0 spiro atoms. The van der Waals surface area contributed by atoms with Crippen molar-refractivity contribution in [3.63, 3.8) is 0 Å². The van der Waals surface area contributed by atoms with Crippen molar-refractivity contribution in [1.29, 1.82) is 0 Å². The molecule has 0 bridgehead atoms. The third-order valence-corrected chi connectivity index (χ3v) is 7.48. The number of anilines is 2. The zero-order valence-electron chi connectivity index (χ0n) is 18.4. The van der Waals surface area contributed by atoms with E-state index in [0.717, 1.165) is 89.7 Å². The average molecular weight is 416 g/mol. The van der Waals surface area contributed by atoms with Crippen molar-refractivity contribution in [2.45, 2.75) is 39.5 Å². The molecule has 0 radical (unpaired) electrons. The summed E-state index contributed by atoms with van der Waals surface area (Å²) in [7, 11) is 0. The van der Waals surface area contributed by atoms with Gasteiger partial charge in [0.15, 0.2) is 11.5 Å². The van der Waals surface area contributed by atoms with Crippen molar-refractivity contribution >= 4 is 28.1 Å². The molecule has 0 saturated carbocycles. The summed E-state index contributed by atoms with van der Waals surface area (Å²) in [6.45, 7) is 8.68. The number of carbonyl (C=O) groups excluding carboxylic acids is 1. The minimum atomic E-state index is 0.100. The van der Waals surface area contributed by atoms with Crippen LogP contribution in [0.15, 0.2) is 34.9 Å². The predicted octanol–water partition coefficient (Wildman–Crippen LogP) is 5.51. The largest absolute Gasteiger partial charge is 0.371 e. The number of fused-ring (bicyclic) bond motifs is 2. The molecule has 0 unspecified atom stereocenters. The molecule has 6 rings (SSSR count). The number of hydrogen-bond acceptors (Lipinski definition) is 5. The Kier molecular flexibility index (Phi) is 4.34. The lowest BCUT2D eigenvalue weighted by Gasteiger charge is -2.37. The number of nitrogens with zero attached hydrogens (tertiary/aromatic N) is 3. The lowest BCUT2D eigenvalue weighted by molar-refractivity contribution is 0.104. The topological polar surface area (TPSA) is 49.6 Å². The standard InChI is InChI=1S/C26H29N3O2/c1-16-9-12-28(13-10-16)20-14-21(29-11-5-6-17(2)15-29)24-23-22(20)25(30)18-7-3-4-8-19(18)26(23)31-27-24/h3-4,7-8,14,16-17H,5-6,9-13,15H2,1-2H3/t17-/m1/s1. The number of aromatic nitrogens is 1. The first kappa shape index (κ1) is 18.9. The van der Waals surface area contributed by atoms with Gasteiger partial charge in [0.1, 0.15) is 5.52 Å². The Morgan fingerprint density at radius 2 is 1.71 bits per heavy atom. The first-order valence-electron chi connectivity index (χ1n) is 11.7. The number of carbonyl (C=O) groups is 1. The van der Waals surface area contributed by atoms with Crippen LogP contribution in [0.1, 0.15) is 55.5 Å². The summed E-state index contributed by atoms with van der Waals surface area (Å²) in [4.78, 5) is 18.6. The van der Waals surface area contributed by atoms with Gasteiger partial charge < -0.3 is 14.3 Å². The van der Waals surface area contributed by atoms with Gasteiger partial charge >= 0.3 is 0 Å². The molecule has 5 nitrogen and oxygen atoms in total. The maximum Gasteiger partial charge on any atom is 0.196 e. The SMILES string of the molecule is CC1CCN(c2cc(N3CCC[C@@H](C)C3)c3noc4c3c2C(=O)c2ccccc2-4)CC1. The van der Waals surface area contributed by atoms with Crippen LogP contribution in [0.2, 0.25) is 0 Å². The molecule has 3 aromatic rings. The van der Waals surface area contributed by atoms with Gasteiger partial charge in [-0.05, 0) is 43.6 Å². The van der Waals surface area contributed by atoms with E-state index in [1.807, 2.05) is 24.3 Å². The predicted molar refractivity (Wildman–Crippen MR) is 124 cm³/mol. The van der Waals surface area contributed by atoms with Crippen LogP contribution in [0.3, 0.4) is 0 Å². The van der Waals surface area contributed by atoms with Crippen LogP contribution in [-0.4, -0.2) is 37.1 Å². The third kappa shape index (κ3) is 2.89. The zero-order valence-corrected chi connectivity index (χ0v) is 18.4. The Morgan fingerprint density at radius 3 is 2.48 bits per heavy atom. The highest BCUT2D eigenvalue weighted by Gasteiger charge is 2.35. The van der Waals surface area contributed by atoms with Crippen molar-refractivity contribution in [2.75, 3.05) is 36.0 Å².